The van der Waals surface area contributed by atoms with Crippen molar-refractivity contribution >= 4 is 24.4 Å². The highest BCUT2D eigenvalue weighted by molar-refractivity contribution is 8.10. The van der Waals surface area contributed by atoms with Crippen LogP contribution in [0.4, 0.5) is 0 Å². The molecule has 0 radical (unpaired) electrons. The molecule has 0 aromatic rings. The van der Waals surface area contributed by atoms with Crippen molar-refractivity contribution in [2.75, 3.05) is 6.26 Å². The van der Waals surface area contributed by atoms with Gasteiger partial charge < -0.3 is 0 Å². The molecular weight excluding hydrogens is 136 g/mol. The summed E-state index contributed by atoms with van der Waals surface area (Å²) in [7, 11) is 0. The molecule has 0 bridgehead atoms. The Balaban J connectivity index is 3.51. The first kappa shape index (κ1) is 8.44. The minimum atomic E-state index is 0.375. The summed E-state index contributed by atoms with van der Waals surface area (Å²) in [5.74, 6) is 0. The second-order valence-corrected chi connectivity index (χ2v) is 3.76. The average Bonchev–Trinajstić information content (AvgIpc) is 1.65. The van der Waals surface area contributed by atoms with Crippen LogP contribution < -0.4 is 0 Å². The van der Waals surface area contributed by atoms with Crippen LogP contribution in [0, 0.1) is 0 Å². The summed E-state index contributed by atoms with van der Waals surface area (Å²) < 4.78 is 0.375. The average molecular weight is 148 g/mol. The Bertz CT molecular complexity index is 82.5. The zero-order valence-electron chi connectivity index (χ0n) is 5.51. The number of thioether (sulfide) groups is 1. The molecule has 0 heterocycles. The minimum Gasteiger partial charge on any atom is -0.161 e. The molecule has 48 valence electrons. The van der Waals surface area contributed by atoms with Crippen molar-refractivity contribution in [2.45, 2.75) is 18.4 Å². The van der Waals surface area contributed by atoms with Gasteiger partial charge in [-0.2, -0.15) is 12.6 Å². The Labute approximate surface area is 61.2 Å². The Morgan fingerprint density at radius 2 is 2.12 bits per heavy atom. The summed E-state index contributed by atoms with van der Waals surface area (Å²) in [5, 5.41) is 0. The maximum atomic E-state index is 4.26. The molecular formula is C6H12S2. The van der Waals surface area contributed by atoms with E-state index in [1.165, 1.54) is 5.57 Å². The van der Waals surface area contributed by atoms with Crippen molar-refractivity contribution in [3.8, 4) is 0 Å². The van der Waals surface area contributed by atoms with Gasteiger partial charge in [-0.05, 0) is 20.1 Å². The lowest BCUT2D eigenvalue weighted by Gasteiger charge is -1.98. The number of rotatable bonds is 2. The first-order chi connectivity index (χ1) is 3.66. The highest BCUT2D eigenvalue weighted by atomic mass is 32.2. The molecule has 0 rings (SSSR count). The minimum absolute atomic E-state index is 0.375. The van der Waals surface area contributed by atoms with E-state index in [9.17, 15) is 0 Å². The predicted molar refractivity (Wildman–Crippen MR) is 45.7 cm³/mol. The van der Waals surface area contributed by atoms with Crippen LogP contribution in [0.3, 0.4) is 0 Å². The zero-order chi connectivity index (χ0) is 6.57. The molecule has 2 heteroatoms. The van der Waals surface area contributed by atoms with Crippen LogP contribution in [0.5, 0.6) is 0 Å². The predicted octanol–water partition coefficient (Wildman–Crippen LogP) is 2.57. The molecule has 0 spiro atoms. The van der Waals surface area contributed by atoms with E-state index in [4.69, 9.17) is 0 Å². The Morgan fingerprint density at radius 1 is 1.62 bits per heavy atom. The summed E-state index contributed by atoms with van der Waals surface area (Å²) in [6.45, 7) is 4.17. The van der Waals surface area contributed by atoms with E-state index in [1.807, 2.05) is 0 Å². The fraction of sp³-hybridized carbons (Fsp3) is 0.667. The maximum absolute atomic E-state index is 4.26. The third-order valence-corrected chi connectivity index (χ3v) is 2.12. The second-order valence-electron chi connectivity index (χ2n) is 1.87. The van der Waals surface area contributed by atoms with Crippen LogP contribution in [-0.2, 0) is 0 Å². The van der Waals surface area contributed by atoms with E-state index in [1.54, 1.807) is 11.8 Å². The molecule has 0 fully saturated rings. The lowest BCUT2D eigenvalue weighted by atomic mass is 10.3. The van der Waals surface area contributed by atoms with Crippen molar-refractivity contribution in [1.82, 2.24) is 0 Å². The maximum Gasteiger partial charge on any atom is 0.0652 e. The lowest BCUT2D eigenvalue weighted by molar-refractivity contribution is 1.35. The number of hydrogen-bond acceptors (Lipinski definition) is 2. The zero-order valence-corrected chi connectivity index (χ0v) is 7.22. The molecule has 8 heavy (non-hydrogen) atoms. The van der Waals surface area contributed by atoms with Crippen molar-refractivity contribution < 1.29 is 0 Å². The van der Waals surface area contributed by atoms with Gasteiger partial charge in [-0.15, -0.1) is 11.8 Å². The van der Waals surface area contributed by atoms with E-state index >= 15 is 0 Å². The van der Waals surface area contributed by atoms with E-state index in [0.29, 0.717) is 4.58 Å². The quantitative estimate of drug-likeness (QED) is 0.357. The molecule has 1 atom stereocenters. The normalized spacial score (nSPS) is 13.0. The molecule has 0 aliphatic carbocycles. The molecule has 0 aromatic carbocycles. The van der Waals surface area contributed by atoms with Gasteiger partial charge in [0.15, 0.2) is 0 Å². The van der Waals surface area contributed by atoms with Gasteiger partial charge in [-0.3, -0.25) is 0 Å². The Kier molecular flexibility index (Phi) is 4.57. The van der Waals surface area contributed by atoms with Crippen LogP contribution >= 0.6 is 24.4 Å². The van der Waals surface area contributed by atoms with Gasteiger partial charge >= 0.3 is 0 Å². The van der Waals surface area contributed by atoms with Gasteiger partial charge in [-0.25, -0.2) is 0 Å². The van der Waals surface area contributed by atoms with Gasteiger partial charge in [0.2, 0.25) is 0 Å². The van der Waals surface area contributed by atoms with Gasteiger partial charge in [-0.1, -0.05) is 11.6 Å². The van der Waals surface area contributed by atoms with E-state index in [-0.39, 0.29) is 0 Å². The molecule has 0 saturated carbocycles. The van der Waals surface area contributed by atoms with Gasteiger partial charge in [0.25, 0.3) is 0 Å². The molecule has 1 unspecified atom stereocenters. The molecule has 0 amide bonds. The van der Waals surface area contributed by atoms with Crippen molar-refractivity contribution in [2.24, 2.45) is 0 Å². The molecule has 0 aliphatic rings. The Hall–Kier alpha value is 0.440. The Morgan fingerprint density at radius 3 is 2.25 bits per heavy atom. The number of hydrogen-bond donors (Lipinski definition) is 1. The first-order valence-corrected chi connectivity index (χ1v) is 4.33. The second kappa shape index (κ2) is 4.33. The fourth-order valence-corrected chi connectivity index (χ4v) is 1.06. The summed E-state index contributed by atoms with van der Waals surface area (Å²) in [6.07, 6.45) is 4.19. The molecule has 0 saturated heterocycles. The lowest BCUT2D eigenvalue weighted by Crippen LogP contribution is -1.83. The number of allylic oxidation sites excluding steroid dienone is 1. The summed E-state index contributed by atoms with van der Waals surface area (Å²) in [4.78, 5) is 0. The van der Waals surface area contributed by atoms with Crippen LogP contribution in [0.15, 0.2) is 11.6 Å². The van der Waals surface area contributed by atoms with Crippen LogP contribution in [-0.4, -0.2) is 10.8 Å². The van der Waals surface area contributed by atoms with Crippen molar-refractivity contribution in [3.63, 3.8) is 0 Å². The van der Waals surface area contributed by atoms with Crippen molar-refractivity contribution in [3.05, 3.63) is 11.6 Å². The molecule has 0 N–H and O–H groups in total. The monoisotopic (exact) mass is 148 g/mol. The van der Waals surface area contributed by atoms with E-state index in [0.717, 1.165) is 0 Å². The largest absolute Gasteiger partial charge is 0.161 e. The highest BCUT2D eigenvalue weighted by Crippen LogP contribution is 2.13. The third kappa shape index (κ3) is 4.60. The van der Waals surface area contributed by atoms with Crippen molar-refractivity contribution in [1.29, 1.82) is 0 Å². The van der Waals surface area contributed by atoms with Crippen LogP contribution in [0.25, 0.3) is 0 Å². The third-order valence-electron chi connectivity index (χ3n) is 0.717. The summed E-state index contributed by atoms with van der Waals surface area (Å²) >= 11 is 6.00. The molecule has 0 aliphatic heterocycles. The van der Waals surface area contributed by atoms with E-state index < -0.39 is 0 Å². The molecule has 0 nitrogen and oxygen atoms in total. The van der Waals surface area contributed by atoms with Gasteiger partial charge in [0, 0.05) is 0 Å². The molecule has 0 aromatic heterocycles. The number of thiol groups is 1. The van der Waals surface area contributed by atoms with Crippen LogP contribution in [0.2, 0.25) is 0 Å². The standard InChI is InChI=1S/C6H12S2/c1-5(2)4-6(7)8-3/h4,6-7H,1-3H3. The van der Waals surface area contributed by atoms with Gasteiger partial charge in [0.05, 0.1) is 4.58 Å². The first-order valence-electron chi connectivity index (χ1n) is 2.52. The summed E-state index contributed by atoms with van der Waals surface area (Å²) in [6, 6.07) is 0. The van der Waals surface area contributed by atoms with Crippen LogP contribution in [0.1, 0.15) is 13.8 Å². The SMILES string of the molecule is CSC(S)C=C(C)C. The fourth-order valence-electron chi connectivity index (χ4n) is 0.353. The topological polar surface area (TPSA) is 0 Å². The summed E-state index contributed by atoms with van der Waals surface area (Å²) in [5.41, 5.74) is 1.33. The smallest absolute Gasteiger partial charge is 0.0652 e. The highest BCUT2D eigenvalue weighted by Gasteiger charge is 1.90. The van der Waals surface area contributed by atoms with Gasteiger partial charge in [0.1, 0.15) is 0 Å². The van der Waals surface area contributed by atoms with E-state index in [2.05, 4.69) is 38.8 Å².